The zero-order valence-corrected chi connectivity index (χ0v) is 7.96. The summed E-state index contributed by atoms with van der Waals surface area (Å²) in [7, 11) is 0. The van der Waals surface area contributed by atoms with Crippen LogP contribution in [0.1, 0.15) is 12.5 Å². The Hall–Kier alpha value is -1.90. The first-order valence-corrected chi connectivity index (χ1v) is 4.49. The van der Waals surface area contributed by atoms with Crippen molar-refractivity contribution in [1.29, 1.82) is 0 Å². The van der Waals surface area contributed by atoms with Crippen LogP contribution in [0, 0.1) is 0 Å². The zero-order valence-electron chi connectivity index (χ0n) is 7.96. The summed E-state index contributed by atoms with van der Waals surface area (Å²) in [4.78, 5) is 0. The van der Waals surface area contributed by atoms with Crippen LogP contribution in [0.2, 0.25) is 0 Å². The molecule has 1 heterocycles. The molecule has 0 fully saturated rings. The lowest BCUT2D eigenvalue weighted by atomic mass is 10.2. The van der Waals surface area contributed by atoms with E-state index in [2.05, 4.69) is 28.5 Å². The molecule has 0 N–H and O–H groups in total. The van der Waals surface area contributed by atoms with E-state index in [1.165, 1.54) is 5.56 Å². The number of rotatable bonds is 2. The summed E-state index contributed by atoms with van der Waals surface area (Å²) < 4.78 is 1.74. The minimum absolute atomic E-state index is 1.02. The molecule has 1 aromatic carbocycles. The molecule has 0 spiro atoms. The van der Waals surface area contributed by atoms with Crippen LogP contribution in [0.25, 0.3) is 11.8 Å². The molecule has 0 atom stereocenters. The molecule has 2 rings (SSSR count). The summed E-state index contributed by atoms with van der Waals surface area (Å²) in [5, 5.41) is 7.67. The van der Waals surface area contributed by atoms with Crippen LogP contribution in [-0.2, 0) is 0 Å². The van der Waals surface area contributed by atoms with Crippen LogP contribution in [-0.4, -0.2) is 15.0 Å². The van der Waals surface area contributed by atoms with Crippen LogP contribution in [0.4, 0.5) is 0 Å². The maximum absolute atomic E-state index is 3.91. The van der Waals surface area contributed by atoms with Gasteiger partial charge in [-0.3, -0.25) is 0 Å². The molecule has 0 bridgehead atoms. The van der Waals surface area contributed by atoms with E-state index in [0.29, 0.717) is 0 Å². The molecule has 0 radical (unpaired) electrons. The van der Waals surface area contributed by atoms with Crippen LogP contribution in [0.15, 0.2) is 42.7 Å². The molecule has 0 saturated carbocycles. The monoisotopic (exact) mass is 185 g/mol. The van der Waals surface area contributed by atoms with Crippen molar-refractivity contribution in [3.05, 3.63) is 48.3 Å². The molecule has 2 aromatic rings. The quantitative estimate of drug-likeness (QED) is 0.718. The molecule has 3 heteroatoms. The average molecular weight is 185 g/mol. The number of aromatic nitrogens is 3. The zero-order chi connectivity index (χ0) is 9.80. The molecule has 3 nitrogen and oxygen atoms in total. The number of benzene rings is 1. The average Bonchev–Trinajstić information content (AvgIpc) is 2.72. The molecule has 1 aromatic heterocycles. The maximum Gasteiger partial charge on any atom is 0.0697 e. The SMILES string of the molecule is C/C=C/c1ccc(-n2ccnn2)cc1. The number of allylic oxidation sites excluding steroid dienone is 1. The van der Waals surface area contributed by atoms with E-state index in [4.69, 9.17) is 0 Å². The highest BCUT2D eigenvalue weighted by Gasteiger charge is 1.94. The predicted molar refractivity (Wildman–Crippen MR) is 56.1 cm³/mol. The third kappa shape index (κ3) is 1.71. The molecule has 0 aliphatic heterocycles. The highest BCUT2D eigenvalue weighted by atomic mass is 15.4. The molecule has 0 aliphatic carbocycles. The number of hydrogen-bond donors (Lipinski definition) is 0. The fourth-order valence-corrected chi connectivity index (χ4v) is 1.28. The van der Waals surface area contributed by atoms with Crippen molar-refractivity contribution >= 4 is 6.08 Å². The fraction of sp³-hybridized carbons (Fsp3) is 0.0909. The molecule has 0 amide bonds. The Balaban J connectivity index is 2.31. The van der Waals surface area contributed by atoms with Gasteiger partial charge in [-0.05, 0) is 24.6 Å². The Morgan fingerprint density at radius 2 is 2.00 bits per heavy atom. The molecule has 0 aliphatic rings. The van der Waals surface area contributed by atoms with Crippen LogP contribution in [0.3, 0.4) is 0 Å². The molecule has 14 heavy (non-hydrogen) atoms. The van der Waals surface area contributed by atoms with Crippen molar-refractivity contribution in [3.63, 3.8) is 0 Å². The minimum atomic E-state index is 1.02. The highest BCUT2D eigenvalue weighted by molar-refractivity contribution is 5.51. The van der Waals surface area contributed by atoms with E-state index in [-0.39, 0.29) is 0 Å². The Morgan fingerprint density at radius 1 is 1.21 bits per heavy atom. The minimum Gasteiger partial charge on any atom is -0.221 e. The summed E-state index contributed by atoms with van der Waals surface area (Å²) in [5.41, 5.74) is 2.21. The van der Waals surface area contributed by atoms with E-state index >= 15 is 0 Å². The normalized spacial score (nSPS) is 10.9. The summed E-state index contributed by atoms with van der Waals surface area (Å²) >= 11 is 0. The first-order valence-electron chi connectivity index (χ1n) is 4.49. The third-order valence-electron chi connectivity index (χ3n) is 1.94. The maximum atomic E-state index is 3.91. The lowest BCUT2D eigenvalue weighted by Gasteiger charge is -1.99. The van der Waals surface area contributed by atoms with Crippen molar-refractivity contribution in [2.45, 2.75) is 6.92 Å². The molecular weight excluding hydrogens is 174 g/mol. The summed E-state index contributed by atoms with van der Waals surface area (Å²) in [6, 6.07) is 8.14. The van der Waals surface area contributed by atoms with Gasteiger partial charge in [0.2, 0.25) is 0 Å². The van der Waals surface area contributed by atoms with Gasteiger partial charge in [-0.25, -0.2) is 4.68 Å². The van der Waals surface area contributed by atoms with E-state index < -0.39 is 0 Å². The second kappa shape index (κ2) is 3.87. The first-order chi connectivity index (χ1) is 6.90. The fourth-order valence-electron chi connectivity index (χ4n) is 1.28. The number of nitrogens with zero attached hydrogens (tertiary/aromatic N) is 3. The topological polar surface area (TPSA) is 30.7 Å². The van der Waals surface area contributed by atoms with E-state index in [1.807, 2.05) is 31.3 Å². The standard InChI is InChI=1S/C11H11N3/c1-2-3-10-4-6-11(7-5-10)14-9-8-12-13-14/h2-9H,1H3/b3-2+. The van der Waals surface area contributed by atoms with Crippen LogP contribution in [0.5, 0.6) is 0 Å². The number of hydrogen-bond acceptors (Lipinski definition) is 2. The van der Waals surface area contributed by atoms with Gasteiger partial charge in [0.05, 0.1) is 18.1 Å². The Morgan fingerprint density at radius 3 is 2.57 bits per heavy atom. The van der Waals surface area contributed by atoms with Crippen LogP contribution >= 0.6 is 0 Å². The van der Waals surface area contributed by atoms with Gasteiger partial charge in [0.15, 0.2) is 0 Å². The van der Waals surface area contributed by atoms with Gasteiger partial charge in [0.25, 0.3) is 0 Å². The van der Waals surface area contributed by atoms with E-state index in [1.54, 1.807) is 10.9 Å². The van der Waals surface area contributed by atoms with E-state index in [0.717, 1.165) is 5.69 Å². The smallest absolute Gasteiger partial charge is 0.0697 e. The van der Waals surface area contributed by atoms with Gasteiger partial charge in [-0.2, -0.15) is 0 Å². The second-order valence-electron chi connectivity index (χ2n) is 2.94. The summed E-state index contributed by atoms with van der Waals surface area (Å²) in [6.07, 6.45) is 7.57. The predicted octanol–water partition coefficient (Wildman–Crippen LogP) is 2.30. The lowest BCUT2D eigenvalue weighted by Crippen LogP contribution is -1.94. The van der Waals surface area contributed by atoms with Crippen molar-refractivity contribution in [2.75, 3.05) is 0 Å². The van der Waals surface area contributed by atoms with Gasteiger partial charge >= 0.3 is 0 Å². The van der Waals surface area contributed by atoms with Crippen molar-refractivity contribution < 1.29 is 0 Å². The third-order valence-corrected chi connectivity index (χ3v) is 1.94. The molecule has 0 unspecified atom stereocenters. The van der Waals surface area contributed by atoms with Gasteiger partial charge in [-0.1, -0.05) is 29.5 Å². The van der Waals surface area contributed by atoms with Crippen molar-refractivity contribution in [2.24, 2.45) is 0 Å². The first kappa shape index (κ1) is 8.69. The summed E-state index contributed by atoms with van der Waals surface area (Å²) in [6.45, 7) is 2.01. The van der Waals surface area contributed by atoms with Crippen molar-refractivity contribution in [3.8, 4) is 5.69 Å². The summed E-state index contributed by atoms with van der Waals surface area (Å²) in [5.74, 6) is 0. The lowest BCUT2D eigenvalue weighted by molar-refractivity contribution is 0.803. The van der Waals surface area contributed by atoms with E-state index in [9.17, 15) is 0 Å². The highest BCUT2D eigenvalue weighted by Crippen LogP contribution is 2.08. The Labute approximate surface area is 82.7 Å². The molecule has 70 valence electrons. The van der Waals surface area contributed by atoms with Gasteiger partial charge < -0.3 is 0 Å². The Kier molecular flexibility index (Phi) is 2.40. The van der Waals surface area contributed by atoms with Gasteiger partial charge in [0, 0.05) is 0 Å². The molecular formula is C11H11N3. The van der Waals surface area contributed by atoms with Gasteiger partial charge in [-0.15, -0.1) is 5.10 Å². The van der Waals surface area contributed by atoms with Gasteiger partial charge in [0.1, 0.15) is 0 Å². The Bertz CT molecular complexity index is 412. The van der Waals surface area contributed by atoms with Crippen molar-refractivity contribution in [1.82, 2.24) is 15.0 Å². The second-order valence-corrected chi connectivity index (χ2v) is 2.94. The van der Waals surface area contributed by atoms with Crippen LogP contribution < -0.4 is 0 Å². The largest absolute Gasteiger partial charge is 0.221 e. The molecule has 0 saturated heterocycles.